The Bertz CT molecular complexity index is 683. The first-order valence-corrected chi connectivity index (χ1v) is 7.97. The number of fused-ring (bicyclic) bond motifs is 1. The zero-order valence-electron chi connectivity index (χ0n) is 12.3. The Morgan fingerprint density at radius 3 is 3.14 bits per heavy atom. The van der Waals surface area contributed by atoms with Crippen molar-refractivity contribution in [2.24, 2.45) is 0 Å². The molecule has 1 amide bonds. The smallest absolute Gasteiger partial charge is 0.266 e. The minimum atomic E-state index is 0.00306. The number of hydrogen-bond donors (Lipinski definition) is 1. The maximum Gasteiger partial charge on any atom is 0.266 e. The summed E-state index contributed by atoms with van der Waals surface area (Å²) < 4.78 is 5.46. The van der Waals surface area contributed by atoms with Crippen molar-refractivity contribution >= 4 is 33.1 Å². The van der Waals surface area contributed by atoms with Crippen LogP contribution in [0.1, 0.15) is 28.7 Å². The summed E-state index contributed by atoms with van der Waals surface area (Å²) in [5.74, 6) is 0.00306. The molecule has 1 saturated heterocycles. The molecule has 3 heterocycles. The number of ether oxygens (including phenoxy) is 1. The fourth-order valence-corrected chi connectivity index (χ4v) is 3.73. The number of nitrogen functional groups attached to an aromatic ring is 1. The number of amides is 1. The predicted molar refractivity (Wildman–Crippen MR) is 84.7 cm³/mol. The molecule has 0 aromatic carbocycles. The second kappa shape index (κ2) is 5.61. The van der Waals surface area contributed by atoms with Gasteiger partial charge in [-0.2, -0.15) is 0 Å². The molecule has 0 saturated carbocycles. The molecule has 1 fully saturated rings. The third-order valence-corrected chi connectivity index (χ3v) is 4.99. The summed E-state index contributed by atoms with van der Waals surface area (Å²) in [5, 5.41) is 0.871. The quantitative estimate of drug-likeness (QED) is 0.925. The monoisotopic (exact) mass is 305 g/mol. The average molecular weight is 305 g/mol. The second-order valence-electron chi connectivity index (χ2n) is 5.29. The van der Waals surface area contributed by atoms with Crippen molar-refractivity contribution in [1.29, 1.82) is 0 Å². The van der Waals surface area contributed by atoms with Crippen LogP contribution in [0.3, 0.4) is 0 Å². The molecular formula is C15H19N3O2S. The minimum absolute atomic E-state index is 0.00306. The van der Waals surface area contributed by atoms with Gasteiger partial charge < -0.3 is 15.4 Å². The van der Waals surface area contributed by atoms with Crippen LogP contribution in [0.25, 0.3) is 10.2 Å². The third kappa shape index (κ3) is 2.49. The van der Waals surface area contributed by atoms with E-state index in [2.05, 4.69) is 11.9 Å². The van der Waals surface area contributed by atoms with Gasteiger partial charge >= 0.3 is 0 Å². The molecule has 0 radical (unpaired) electrons. The summed E-state index contributed by atoms with van der Waals surface area (Å²) in [6, 6.07) is 3.99. The van der Waals surface area contributed by atoms with Crippen LogP contribution >= 0.6 is 11.3 Å². The molecule has 3 rings (SSSR count). The highest BCUT2D eigenvalue weighted by atomic mass is 32.1. The van der Waals surface area contributed by atoms with Gasteiger partial charge in [-0.15, -0.1) is 11.3 Å². The van der Waals surface area contributed by atoms with Crippen LogP contribution in [0.2, 0.25) is 0 Å². The van der Waals surface area contributed by atoms with E-state index >= 15 is 0 Å². The lowest BCUT2D eigenvalue weighted by Gasteiger charge is -2.34. The molecule has 2 aromatic heterocycles. The molecular weight excluding hydrogens is 286 g/mol. The lowest BCUT2D eigenvalue weighted by atomic mass is 10.1. The number of thiophene rings is 1. The van der Waals surface area contributed by atoms with Gasteiger partial charge in [0.2, 0.25) is 0 Å². The zero-order chi connectivity index (χ0) is 15.0. The molecule has 2 aromatic rings. The molecule has 21 heavy (non-hydrogen) atoms. The van der Waals surface area contributed by atoms with Crippen molar-refractivity contribution < 1.29 is 9.53 Å². The first kappa shape index (κ1) is 14.3. The molecule has 1 aliphatic heterocycles. The highest BCUT2D eigenvalue weighted by Gasteiger charge is 2.29. The Labute approximate surface area is 127 Å². The number of carbonyl (C=O) groups is 1. The van der Waals surface area contributed by atoms with Crippen LogP contribution < -0.4 is 5.73 Å². The lowest BCUT2D eigenvalue weighted by Crippen LogP contribution is -2.48. The van der Waals surface area contributed by atoms with Crippen molar-refractivity contribution in [2.75, 3.05) is 25.5 Å². The molecule has 5 nitrogen and oxygen atoms in total. The van der Waals surface area contributed by atoms with Gasteiger partial charge in [-0.05, 0) is 25.5 Å². The fourth-order valence-electron chi connectivity index (χ4n) is 2.64. The Balaban J connectivity index is 1.99. The SMILES string of the molecule is CCC1COCCN1C(=O)c1sc2nc(C)ccc2c1N. The van der Waals surface area contributed by atoms with Gasteiger partial charge in [0.1, 0.15) is 9.71 Å². The third-order valence-electron chi connectivity index (χ3n) is 3.89. The molecule has 0 bridgehead atoms. The van der Waals surface area contributed by atoms with Crippen molar-refractivity contribution in [3.05, 3.63) is 22.7 Å². The normalized spacial score (nSPS) is 19.1. The number of anilines is 1. The van der Waals surface area contributed by atoms with Crippen LogP contribution in [0.5, 0.6) is 0 Å². The predicted octanol–water partition coefficient (Wildman–Crippen LogP) is 2.44. The summed E-state index contributed by atoms with van der Waals surface area (Å²) >= 11 is 1.38. The summed E-state index contributed by atoms with van der Waals surface area (Å²) in [5.41, 5.74) is 7.66. The van der Waals surface area contributed by atoms with Gasteiger partial charge in [-0.1, -0.05) is 6.92 Å². The van der Waals surface area contributed by atoms with E-state index in [4.69, 9.17) is 10.5 Å². The Morgan fingerprint density at radius 1 is 1.57 bits per heavy atom. The van der Waals surface area contributed by atoms with Crippen LogP contribution in [0.4, 0.5) is 5.69 Å². The number of rotatable bonds is 2. The number of nitrogens with two attached hydrogens (primary N) is 1. The summed E-state index contributed by atoms with van der Waals surface area (Å²) in [6.07, 6.45) is 0.883. The van der Waals surface area contributed by atoms with Crippen LogP contribution in [0, 0.1) is 6.92 Å². The van der Waals surface area contributed by atoms with E-state index in [1.807, 2.05) is 24.0 Å². The van der Waals surface area contributed by atoms with E-state index < -0.39 is 0 Å². The van der Waals surface area contributed by atoms with Crippen LogP contribution in [-0.2, 0) is 4.74 Å². The molecule has 2 N–H and O–H groups in total. The first-order valence-electron chi connectivity index (χ1n) is 7.16. The maximum atomic E-state index is 12.8. The number of carbonyl (C=O) groups excluding carboxylic acids is 1. The second-order valence-corrected chi connectivity index (χ2v) is 6.28. The first-order chi connectivity index (χ1) is 10.1. The molecule has 1 aliphatic rings. The number of nitrogens with zero attached hydrogens (tertiary/aromatic N) is 2. The van der Waals surface area contributed by atoms with Gasteiger partial charge in [0, 0.05) is 17.6 Å². The molecule has 1 unspecified atom stereocenters. The molecule has 6 heteroatoms. The summed E-state index contributed by atoms with van der Waals surface area (Å²) in [6.45, 7) is 5.82. The van der Waals surface area contributed by atoms with Crippen molar-refractivity contribution in [2.45, 2.75) is 26.3 Å². The number of pyridine rings is 1. The lowest BCUT2D eigenvalue weighted by molar-refractivity contribution is -0.00248. The number of aryl methyl sites for hydroxylation is 1. The number of morpholine rings is 1. The van der Waals surface area contributed by atoms with E-state index in [9.17, 15) is 4.79 Å². The maximum absolute atomic E-state index is 12.8. The van der Waals surface area contributed by atoms with Crippen molar-refractivity contribution in [3.63, 3.8) is 0 Å². The van der Waals surface area contributed by atoms with E-state index in [0.29, 0.717) is 30.3 Å². The fraction of sp³-hybridized carbons (Fsp3) is 0.467. The molecule has 0 aliphatic carbocycles. The van der Waals surface area contributed by atoms with Crippen molar-refractivity contribution in [1.82, 2.24) is 9.88 Å². The summed E-state index contributed by atoms with van der Waals surface area (Å²) in [4.78, 5) is 20.6. The van der Waals surface area contributed by atoms with E-state index in [1.54, 1.807) is 0 Å². The van der Waals surface area contributed by atoms with Gasteiger partial charge in [0.25, 0.3) is 5.91 Å². The number of aromatic nitrogens is 1. The van der Waals surface area contributed by atoms with Crippen LogP contribution in [-0.4, -0.2) is 41.6 Å². The highest BCUT2D eigenvalue weighted by molar-refractivity contribution is 7.21. The summed E-state index contributed by atoms with van der Waals surface area (Å²) in [7, 11) is 0. The Kier molecular flexibility index (Phi) is 3.82. The van der Waals surface area contributed by atoms with E-state index in [-0.39, 0.29) is 11.9 Å². The zero-order valence-corrected chi connectivity index (χ0v) is 13.1. The van der Waals surface area contributed by atoms with E-state index in [1.165, 1.54) is 11.3 Å². The Hall–Kier alpha value is -1.66. The van der Waals surface area contributed by atoms with E-state index in [0.717, 1.165) is 22.3 Å². The van der Waals surface area contributed by atoms with Gasteiger partial charge in [-0.3, -0.25) is 4.79 Å². The van der Waals surface area contributed by atoms with Crippen molar-refractivity contribution in [3.8, 4) is 0 Å². The topological polar surface area (TPSA) is 68.5 Å². The highest BCUT2D eigenvalue weighted by Crippen LogP contribution is 2.34. The average Bonchev–Trinajstić information content (AvgIpc) is 2.82. The minimum Gasteiger partial charge on any atom is -0.397 e. The number of hydrogen-bond acceptors (Lipinski definition) is 5. The Morgan fingerprint density at radius 2 is 2.38 bits per heavy atom. The molecule has 0 spiro atoms. The van der Waals surface area contributed by atoms with Gasteiger partial charge in [0.05, 0.1) is 24.9 Å². The van der Waals surface area contributed by atoms with Gasteiger partial charge in [0.15, 0.2) is 0 Å². The molecule has 1 atom stereocenters. The standard InChI is InChI=1S/C15H19N3O2S/c1-3-10-8-20-7-6-18(10)15(19)13-12(16)11-5-4-9(2)17-14(11)21-13/h4-5,10H,3,6-8,16H2,1-2H3. The van der Waals surface area contributed by atoms with Crippen LogP contribution in [0.15, 0.2) is 12.1 Å². The van der Waals surface area contributed by atoms with Gasteiger partial charge in [-0.25, -0.2) is 4.98 Å². The molecule has 112 valence electrons. The largest absolute Gasteiger partial charge is 0.397 e.